The van der Waals surface area contributed by atoms with Crippen molar-refractivity contribution in [2.45, 2.75) is 57.8 Å². The van der Waals surface area contributed by atoms with Crippen LogP contribution in [0.2, 0.25) is 5.02 Å². The number of hydrogen-bond donors (Lipinski definition) is 0. The second-order valence-electron chi connectivity index (χ2n) is 7.54. The second kappa shape index (κ2) is 6.26. The Balaban J connectivity index is 2.05. The third-order valence-corrected chi connectivity index (χ3v) is 5.57. The first kappa shape index (κ1) is 17.1. The average molecular weight is 338 g/mol. The third kappa shape index (κ3) is 2.85. The molecule has 0 radical (unpaired) electrons. The van der Waals surface area contributed by atoms with Gasteiger partial charge in [0.1, 0.15) is 0 Å². The smallest absolute Gasteiger partial charge is 0.0995 e. The van der Waals surface area contributed by atoms with Gasteiger partial charge in [0.25, 0.3) is 0 Å². The summed E-state index contributed by atoms with van der Waals surface area (Å²) in [5.74, 6) is 0.792. The predicted octanol–water partition coefficient (Wildman–Crippen LogP) is 6.54. The minimum Gasteiger partial charge on any atom is -0.192 e. The van der Waals surface area contributed by atoms with Crippen molar-refractivity contribution in [3.05, 3.63) is 69.2 Å². The summed E-state index contributed by atoms with van der Waals surface area (Å²) in [6.45, 7) is 8.59. The summed E-state index contributed by atoms with van der Waals surface area (Å²) in [7, 11) is 0. The first-order valence-electron chi connectivity index (χ1n) is 8.73. The van der Waals surface area contributed by atoms with Crippen LogP contribution < -0.4 is 0 Å². The van der Waals surface area contributed by atoms with E-state index in [1.807, 2.05) is 0 Å². The number of hydrogen-bond acceptors (Lipinski definition) is 1. The first-order valence-corrected chi connectivity index (χ1v) is 9.11. The van der Waals surface area contributed by atoms with Crippen molar-refractivity contribution in [3.8, 4) is 6.07 Å². The van der Waals surface area contributed by atoms with E-state index in [9.17, 15) is 5.26 Å². The van der Waals surface area contributed by atoms with Crippen LogP contribution >= 0.6 is 11.6 Å². The summed E-state index contributed by atoms with van der Waals surface area (Å²) in [6, 6.07) is 15.5. The molecule has 1 aliphatic carbocycles. The van der Waals surface area contributed by atoms with Gasteiger partial charge in [-0.3, -0.25) is 0 Å². The zero-order valence-electron chi connectivity index (χ0n) is 14.9. The van der Waals surface area contributed by atoms with E-state index in [0.717, 1.165) is 29.0 Å². The number of halogens is 1. The molecule has 0 aromatic heterocycles. The molecule has 0 spiro atoms. The molecule has 0 atom stereocenters. The van der Waals surface area contributed by atoms with Crippen LogP contribution in [0.4, 0.5) is 0 Å². The number of nitriles is 1. The molecule has 1 saturated carbocycles. The van der Waals surface area contributed by atoms with E-state index in [1.165, 1.54) is 16.7 Å². The van der Waals surface area contributed by atoms with Gasteiger partial charge in [-0.1, -0.05) is 63.6 Å². The minimum absolute atomic E-state index is 0.0419. The van der Waals surface area contributed by atoms with Gasteiger partial charge in [0.2, 0.25) is 0 Å². The molecule has 24 heavy (non-hydrogen) atoms. The lowest BCUT2D eigenvalue weighted by Crippen LogP contribution is -2.10. The molecule has 1 nitrogen and oxygen atoms in total. The maximum absolute atomic E-state index is 9.56. The Labute approximate surface area is 150 Å². The standard InChI is InChI=1S/C22H24ClN/c1-14(2)16-5-7-18(8-6-16)22(9-10-22)19-11-17(13-24)21(15(3)4)20(23)12-19/h5-8,11-12,14-15H,9-10H2,1-4H3. The Kier molecular flexibility index (Phi) is 4.45. The van der Waals surface area contributed by atoms with Crippen molar-refractivity contribution in [1.82, 2.24) is 0 Å². The lowest BCUT2D eigenvalue weighted by molar-refractivity contribution is 0.823. The van der Waals surface area contributed by atoms with Gasteiger partial charge in [-0.2, -0.15) is 5.26 Å². The van der Waals surface area contributed by atoms with Gasteiger partial charge in [0.05, 0.1) is 11.6 Å². The van der Waals surface area contributed by atoms with E-state index in [4.69, 9.17) is 11.6 Å². The molecule has 0 bridgehead atoms. The van der Waals surface area contributed by atoms with Crippen LogP contribution in [0, 0.1) is 11.3 Å². The highest BCUT2D eigenvalue weighted by atomic mass is 35.5. The van der Waals surface area contributed by atoms with Crippen LogP contribution in [0.5, 0.6) is 0 Å². The summed E-state index contributed by atoms with van der Waals surface area (Å²) in [4.78, 5) is 0. The maximum atomic E-state index is 9.56. The fourth-order valence-corrected chi connectivity index (χ4v) is 4.07. The molecular weight excluding hydrogens is 314 g/mol. The minimum atomic E-state index is 0.0419. The van der Waals surface area contributed by atoms with Crippen LogP contribution in [0.1, 0.15) is 80.2 Å². The molecule has 0 aliphatic heterocycles. The fourth-order valence-electron chi connectivity index (χ4n) is 3.63. The highest BCUT2D eigenvalue weighted by Crippen LogP contribution is 2.54. The number of benzene rings is 2. The molecule has 2 heteroatoms. The van der Waals surface area contributed by atoms with Crippen LogP contribution in [0.15, 0.2) is 36.4 Å². The van der Waals surface area contributed by atoms with E-state index in [0.29, 0.717) is 5.92 Å². The Bertz CT molecular complexity index is 790. The highest BCUT2D eigenvalue weighted by Gasteiger charge is 2.46. The van der Waals surface area contributed by atoms with E-state index < -0.39 is 0 Å². The van der Waals surface area contributed by atoms with Crippen molar-refractivity contribution in [2.75, 3.05) is 0 Å². The lowest BCUT2D eigenvalue weighted by atomic mass is 9.84. The molecule has 3 rings (SSSR count). The van der Waals surface area contributed by atoms with Gasteiger partial charge in [-0.25, -0.2) is 0 Å². The first-order chi connectivity index (χ1) is 11.4. The van der Waals surface area contributed by atoms with Crippen molar-refractivity contribution in [1.29, 1.82) is 5.26 Å². The Morgan fingerprint density at radius 3 is 2.04 bits per heavy atom. The van der Waals surface area contributed by atoms with Gasteiger partial charge in [-0.05, 0) is 59.1 Å². The van der Waals surface area contributed by atoms with Crippen LogP contribution in [-0.4, -0.2) is 0 Å². The number of nitrogens with zero attached hydrogens (tertiary/aromatic N) is 1. The van der Waals surface area contributed by atoms with Gasteiger partial charge in [0, 0.05) is 10.4 Å². The quantitative estimate of drug-likeness (QED) is 0.621. The van der Waals surface area contributed by atoms with Gasteiger partial charge in [0.15, 0.2) is 0 Å². The predicted molar refractivity (Wildman–Crippen MR) is 101 cm³/mol. The average Bonchev–Trinajstić information content (AvgIpc) is 3.35. The molecule has 1 fully saturated rings. The molecule has 0 unspecified atom stereocenters. The van der Waals surface area contributed by atoms with Crippen molar-refractivity contribution < 1.29 is 0 Å². The Morgan fingerprint density at radius 2 is 1.58 bits per heavy atom. The largest absolute Gasteiger partial charge is 0.192 e. The molecule has 0 saturated heterocycles. The number of rotatable bonds is 4. The summed E-state index contributed by atoms with van der Waals surface area (Å²) in [5, 5.41) is 10.3. The second-order valence-corrected chi connectivity index (χ2v) is 7.95. The van der Waals surface area contributed by atoms with Crippen LogP contribution in [0.25, 0.3) is 0 Å². The van der Waals surface area contributed by atoms with E-state index in [2.05, 4.69) is 70.2 Å². The van der Waals surface area contributed by atoms with Gasteiger partial charge in [-0.15, -0.1) is 0 Å². The SMILES string of the molecule is CC(C)c1ccc(C2(c3cc(Cl)c(C(C)C)c(C#N)c3)CC2)cc1. The van der Waals surface area contributed by atoms with Crippen LogP contribution in [-0.2, 0) is 5.41 Å². The van der Waals surface area contributed by atoms with Crippen molar-refractivity contribution in [3.63, 3.8) is 0 Å². The zero-order valence-corrected chi connectivity index (χ0v) is 15.6. The van der Waals surface area contributed by atoms with Crippen molar-refractivity contribution >= 4 is 11.6 Å². The van der Waals surface area contributed by atoms with Gasteiger partial charge >= 0.3 is 0 Å². The molecule has 1 aliphatic rings. The van der Waals surface area contributed by atoms with E-state index in [1.54, 1.807) is 0 Å². The summed E-state index contributed by atoms with van der Waals surface area (Å²) in [5.41, 5.74) is 5.61. The summed E-state index contributed by atoms with van der Waals surface area (Å²) >= 11 is 6.55. The molecular formula is C22H24ClN. The molecule has 0 heterocycles. The maximum Gasteiger partial charge on any atom is 0.0995 e. The molecule has 0 amide bonds. The lowest BCUT2D eigenvalue weighted by Gasteiger charge is -2.20. The molecule has 124 valence electrons. The summed E-state index contributed by atoms with van der Waals surface area (Å²) in [6.07, 6.45) is 2.24. The Morgan fingerprint density at radius 1 is 0.958 bits per heavy atom. The highest BCUT2D eigenvalue weighted by molar-refractivity contribution is 6.31. The third-order valence-electron chi connectivity index (χ3n) is 5.26. The molecule has 2 aromatic carbocycles. The van der Waals surface area contributed by atoms with Crippen molar-refractivity contribution in [2.24, 2.45) is 0 Å². The summed E-state index contributed by atoms with van der Waals surface area (Å²) < 4.78 is 0. The fraction of sp³-hybridized carbons (Fsp3) is 0.409. The topological polar surface area (TPSA) is 23.8 Å². The molecule has 0 N–H and O–H groups in total. The van der Waals surface area contributed by atoms with Gasteiger partial charge < -0.3 is 0 Å². The van der Waals surface area contributed by atoms with E-state index >= 15 is 0 Å². The monoisotopic (exact) mass is 337 g/mol. The van der Waals surface area contributed by atoms with Crippen LogP contribution in [0.3, 0.4) is 0 Å². The Hall–Kier alpha value is -1.78. The zero-order chi connectivity index (χ0) is 17.5. The molecule has 2 aromatic rings. The normalized spacial score (nSPS) is 15.6. The van der Waals surface area contributed by atoms with E-state index in [-0.39, 0.29) is 11.3 Å².